The lowest BCUT2D eigenvalue weighted by molar-refractivity contribution is 0.649. The van der Waals surface area contributed by atoms with E-state index in [9.17, 15) is 4.79 Å². The molecule has 0 saturated carbocycles. The van der Waals surface area contributed by atoms with E-state index >= 15 is 0 Å². The maximum absolute atomic E-state index is 11.7. The van der Waals surface area contributed by atoms with Crippen molar-refractivity contribution >= 4 is 5.82 Å². The van der Waals surface area contributed by atoms with E-state index in [0.29, 0.717) is 11.7 Å². The van der Waals surface area contributed by atoms with Crippen molar-refractivity contribution in [1.82, 2.24) is 14.8 Å². The Morgan fingerprint density at radius 3 is 2.83 bits per heavy atom. The summed E-state index contributed by atoms with van der Waals surface area (Å²) < 4.78 is 1.53. The van der Waals surface area contributed by atoms with Crippen molar-refractivity contribution in [3.8, 4) is 11.3 Å². The topological polar surface area (TPSA) is 76.7 Å². The minimum atomic E-state index is -0.0452. The molecule has 0 radical (unpaired) electrons. The van der Waals surface area contributed by atoms with Gasteiger partial charge in [-0.2, -0.15) is 5.10 Å². The molecule has 2 aromatic rings. The summed E-state index contributed by atoms with van der Waals surface area (Å²) in [6.07, 6.45) is 2.58. The summed E-state index contributed by atoms with van der Waals surface area (Å²) >= 11 is 0. The van der Waals surface area contributed by atoms with Crippen molar-refractivity contribution in [2.75, 3.05) is 5.73 Å². The summed E-state index contributed by atoms with van der Waals surface area (Å²) in [4.78, 5) is 11.7. The Bertz CT molecular complexity index is 610. The molecule has 2 rings (SSSR count). The molecule has 0 aliphatic carbocycles. The number of rotatable bonds is 3. The monoisotopic (exact) mass is 246 g/mol. The van der Waals surface area contributed by atoms with Crippen LogP contribution in [0, 0.1) is 5.92 Å². The minimum absolute atomic E-state index is 0.0452. The fourth-order valence-corrected chi connectivity index (χ4v) is 1.94. The van der Waals surface area contributed by atoms with Crippen LogP contribution in [0.25, 0.3) is 11.3 Å². The predicted octanol–water partition coefficient (Wildman–Crippen LogP) is 1.56. The summed E-state index contributed by atoms with van der Waals surface area (Å²) in [5.41, 5.74) is 8.49. The molecule has 3 N–H and O–H groups in total. The van der Waals surface area contributed by atoms with Crippen LogP contribution in [0.2, 0.25) is 0 Å². The molecule has 2 heterocycles. The van der Waals surface area contributed by atoms with Gasteiger partial charge in [0, 0.05) is 30.4 Å². The first-order valence-electron chi connectivity index (χ1n) is 5.98. The zero-order valence-electron chi connectivity index (χ0n) is 10.9. The molecule has 0 aliphatic heterocycles. The first-order chi connectivity index (χ1) is 8.49. The molecule has 18 heavy (non-hydrogen) atoms. The van der Waals surface area contributed by atoms with Gasteiger partial charge in [0.15, 0.2) is 0 Å². The number of hydrogen-bond donors (Lipinski definition) is 2. The van der Waals surface area contributed by atoms with Crippen molar-refractivity contribution in [1.29, 1.82) is 0 Å². The molecule has 0 unspecified atom stereocenters. The third-order valence-electron chi connectivity index (χ3n) is 2.90. The van der Waals surface area contributed by atoms with Gasteiger partial charge in [0.05, 0.1) is 5.69 Å². The Balaban J connectivity index is 2.50. The molecule has 2 aromatic heterocycles. The van der Waals surface area contributed by atoms with Gasteiger partial charge < -0.3 is 10.3 Å². The number of pyridine rings is 1. The van der Waals surface area contributed by atoms with E-state index in [2.05, 4.69) is 24.0 Å². The summed E-state index contributed by atoms with van der Waals surface area (Å²) in [6, 6.07) is 3.48. The molecule has 0 spiro atoms. The molecule has 5 heteroatoms. The molecule has 0 aromatic carbocycles. The number of nitrogens with zero attached hydrogens (tertiary/aromatic N) is 2. The minimum Gasteiger partial charge on any atom is -0.382 e. The van der Waals surface area contributed by atoms with Gasteiger partial charge in [-0.3, -0.25) is 9.89 Å². The first-order valence-corrected chi connectivity index (χ1v) is 5.98. The molecule has 0 saturated heterocycles. The fraction of sp³-hybridized carbons (Fsp3) is 0.385. The maximum atomic E-state index is 11.7. The van der Waals surface area contributed by atoms with E-state index in [1.165, 1.54) is 4.57 Å². The summed E-state index contributed by atoms with van der Waals surface area (Å²) in [6.45, 7) is 4.25. The van der Waals surface area contributed by atoms with Crippen molar-refractivity contribution < 1.29 is 0 Å². The Hall–Kier alpha value is -2.04. The van der Waals surface area contributed by atoms with E-state index in [1.807, 2.05) is 6.07 Å². The van der Waals surface area contributed by atoms with Crippen molar-refractivity contribution in [3.63, 3.8) is 0 Å². The highest BCUT2D eigenvalue weighted by molar-refractivity contribution is 5.67. The van der Waals surface area contributed by atoms with Gasteiger partial charge in [0.2, 0.25) is 0 Å². The Kier molecular flexibility index (Phi) is 3.23. The van der Waals surface area contributed by atoms with Crippen LogP contribution < -0.4 is 11.3 Å². The lowest BCUT2D eigenvalue weighted by Crippen LogP contribution is -2.14. The maximum Gasteiger partial charge on any atom is 0.250 e. The van der Waals surface area contributed by atoms with E-state index in [4.69, 9.17) is 5.73 Å². The second kappa shape index (κ2) is 4.68. The molecule has 96 valence electrons. The van der Waals surface area contributed by atoms with Crippen LogP contribution in [-0.4, -0.2) is 14.8 Å². The van der Waals surface area contributed by atoms with E-state index in [-0.39, 0.29) is 5.56 Å². The van der Waals surface area contributed by atoms with Crippen LogP contribution in [0.15, 0.2) is 23.1 Å². The van der Waals surface area contributed by atoms with Crippen molar-refractivity contribution in [3.05, 3.63) is 34.2 Å². The van der Waals surface area contributed by atoms with E-state index < -0.39 is 0 Å². The van der Waals surface area contributed by atoms with Crippen molar-refractivity contribution in [2.45, 2.75) is 20.3 Å². The number of nitrogens with one attached hydrogen (secondary N) is 1. The van der Waals surface area contributed by atoms with Crippen LogP contribution in [0.1, 0.15) is 19.4 Å². The third kappa shape index (κ3) is 2.30. The van der Waals surface area contributed by atoms with Gasteiger partial charge in [-0.25, -0.2) is 0 Å². The molecule has 5 nitrogen and oxygen atoms in total. The highest BCUT2D eigenvalue weighted by Crippen LogP contribution is 2.26. The second-order valence-corrected chi connectivity index (χ2v) is 4.92. The molecule has 0 bridgehead atoms. The number of aromatic amines is 1. The van der Waals surface area contributed by atoms with Gasteiger partial charge in [-0.1, -0.05) is 13.8 Å². The highest BCUT2D eigenvalue weighted by atomic mass is 16.1. The van der Waals surface area contributed by atoms with E-state index in [1.54, 1.807) is 19.3 Å². The first kappa shape index (κ1) is 12.4. The number of aryl methyl sites for hydroxylation is 1. The number of nitrogen functional groups attached to an aromatic ring is 1. The predicted molar refractivity (Wildman–Crippen MR) is 72.2 cm³/mol. The molecule has 0 atom stereocenters. The van der Waals surface area contributed by atoms with Crippen LogP contribution in [-0.2, 0) is 13.5 Å². The van der Waals surface area contributed by atoms with Crippen LogP contribution in [0.3, 0.4) is 0 Å². The second-order valence-electron chi connectivity index (χ2n) is 4.92. The molecule has 0 aliphatic rings. The van der Waals surface area contributed by atoms with Gasteiger partial charge in [-0.15, -0.1) is 0 Å². The SMILES string of the molecule is CC(C)Cc1c(N)n[nH]c1-c1ccn(C)c(=O)c1. The number of hydrogen-bond acceptors (Lipinski definition) is 3. The third-order valence-corrected chi connectivity index (χ3v) is 2.90. The summed E-state index contributed by atoms with van der Waals surface area (Å²) in [5.74, 6) is 0.995. The number of nitrogens with two attached hydrogens (primary N) is 1. The summed E-state index contributed by atoms with van der Waals surface area (Å²) in [5, 5.41) is 6.96. The normalized spacial score (nSPS) is 11.1. The molecular formula is C13H18N4O. The zero-order valence-corrected chi connectivity index (χ0v) is 10.9. The molecule has 0 fully saturated rings. The number of H-pyrrole nitrogens is 1. The average molecular weight is 246 g/mol. The van der Waals surface area contributed by atoms with Gasteiger partial charge in [0.25, 0.3) is 5.56 Å². The lowest BCUT2D eigenvalue weighted by atomic mass is 10.00. The van der Waals surface area contributed by atoms with Gasteiger partial charge in [0.1, 0.15) is 5.82 Å². The number of anilines is 1. The smallest absolute Gasteiger partial charge is 0.250 e. The van der Waals surface area contributed by atoms with Gasteiger partial charge in [-0.05, 0) is 18.4 Å². The van der Waals surface area contributed by atoms with Crippen LogP contribution >= 0.6 is 0 Å². The standard InChI is InChI=1S/C13H18N4O/c1-8(2)6-10-12(15-16-13(10)14)9-4-5-17(3)11(18)7-9/h4-5,7-8H,6H2,1-3H3,(H3,14,15,16). The zero-order chi connectivity index (χ0) is 13.3. The largest absolute Gasteiger partial charge is 0.382 e. The number of aromatic nitrogens is 3. The molecule has 0 amide bonds. The fourth-order valence-electron chi connectivity index (χ4n) is 1.94. The van der Waals surface area contributed by atoms with Crippen LogP contribution in [0.4, 0.5) is 5.82 Å². The summed E-state index contributed by atoms with van der Waals surface area (Å²) in [7, 11) is 1.72. The van der Waals surface area contributed by atoms with Crippen LogP contribution in [0.5, 0.6) is 0 Å². The quantitative estimate of drug-likeness (QED) is 0.862. The Morgan fingerprint density at radius 2 is 2.22 bits per heavy atom. The Morgan fingerprint density at radius 1 is 1.50 bits per heavy atom. The lowest BCUT2D eigenvalue weighted by Gasteiger charge is -2.07. The highest BCUT2D eigenvalue weighted by Gasteiger charge is 2.14. The van der Waals surface area contributed by atoms with E-state index in [0.717, 1.165) is 23.2 Å². The van der Waals surface area contributed by atoms with Gasteiger partial charge >= 0.3 is 0 Å². The molecular weight excluding hydrogens is 228 g/mol. The van der Waals surface area contributed by atoms with Crippen molar-refractivity contribution in [2.24, 2.45) is 13.0 Å². The Labute approximate surface area is 106 Å². The average Bonchev–Trinajstić information content (AvgIpc) is 2.64.